The van der Waals surface area contributed by atoms with Gasteiger partial charge in [0.25, 0.3) is 0 Å². The Hall–Kier alpha value is -1.93. The van der Waals surface area contributed by atoms with E-state index in [1.54, 1.807) is 0 Å². The van der Waals surface area contributed by atoms with E-state index in [0.717, 1.165) is 27.4 Å². The van der Waals surface area contributed by atoms with Crippen LogP contribution >= 0.6 is 11.6 Å². The van der Waals surface area contributed by atoms with E-state index in [4.69, 9.17) is 16.0 Å². The summed E-state index contributed by atoms with van der Waals surface area (Å²) >= 11 is 6.25. The number of aryl methyl sites for hydroxylation is 2. The molecule has 108 valence electrons. The predicted molar refractivity (Wildman–Crippen MR) is 89.2 cm³/mol. The fourth-order valence-corrected chi connectivity index (χ4v) is 2.83. The van der Waals surface area contributed by atoms with Gasteiger partial charge in [0.05, 0.1) is 16.8 Å². The average molecular weight is 300 g/mol. The van der Waals surface area contributed by atoms with Crippen molar-refractivity contribution in [1.82, 2.24) is 0 Å². The number of hydrogen-bond donors (Lipinski definition) is 1. The summed E-state index contributed by atoms with van der Waals surface area (Å²) in [5.41, 5.74) is 4.21. The van der Waals surface area contributed by atoms with Gasteiger partial charge >= 0.3 is 0 Å². The number of para-hydroxylation sites is 1. The molecule has 0 saturated heterocycles. The van der Waals surface area contributed by atoms with Crippen molar-refractivity contribution in [3.8, 4) is 0 Å². The quantitative estimate of drug-likeness (QED) is 0.653. The van der Waals surface area contributed by atoms with Crippen LogP contribution in [0.1, 0.15) is 29.9 Å². The van der Waals surface area contributed by atoms with Crippen molar-refractivity contribution >= 4 is 28.3 Å². The molecule has 0 aliphatic rings. The van der Waals surface area contributed by atoms with Crippen LogP contribution in [0.15, 0.2) is 46.9 Å². The third-order valence-electron chi connectivity index (χ3n) is 3.77. The number of benzene rings is 2. The van der Waals surface area contributed by atoms with Gasteiger partial charge in [-0.25, -0.2) is 0 Å². The molecule has 2 nitrogen and oxygen atoms in total. The zero-order valence-electron chi connectivity index (χ0n) is 12.4. The molecule has 1 aromatic heterocycles. The molecule has 1 heterocycles. The van der Waals surface area contributed by atoms with Crippen LogP contribution in [0.25, 0.3) is 11.0 Å². The number of nitrogens with one attached hydrogen (secondary N) is 1. The first kappa shape index (κ1) is 14.0. The summed E-state index contributed by atoms with van der Waals surface area (Å²) in [5.74, 6) is 0.953. The highest BCUT2D eigenvalue weighted by atomic mass is 35.5. The Bertz CT molecular complexity index is 791. The van der Waals surface area contributed by atoms with Crippen LogP contribution in [-0.4, -0.2) is 0 Å². The van der Waals surface area contributed by atoms with Crippen LogP contribution in [0.4, 0.5) is 5.69 Å². The van der Waals surface area contributed by atoms with Crippen LogP contribution in [0, 0.1) is 13.8 Å². The van der Waals surface area contributed by atoms with Crippen molar-refractivity contribution in [2.75, 3.05) is 5.32 Å². The normalized spacial score (nSPS) is 12.6. The zero-order valence-corrected chi connectivity index (χ0v) is 13.2. The van der Waals surface area contributed by atoms with Crippen LogP contribution in [0.5, 0.6) is 0 Å². The molecule has 3 rings (SSSR count). The van der Waals surface area contributed by atoms with Crippen molar-refractivity contribution in [1.29, 1.82) is 0 Å². The topological polar surface area (TPSA) is 25.2 Å². The molecule has 1 atom stereocenters. The number of halogens is 1. The van der Waals surface area contributed by atoms with E-state index in [9.17, 15) is 0 Å². The van der Waals surface area contributed by atoms with E-state index in [-0.39, 0.29) is 6.04 Å². The maximum atomic E-state index is 6.25. The van der Waals surface area contributed by atoms with Gasteiger partial charge < -0.3 is 9.73 Å². The number of fused-ring (bicyclic) bond motifs is 1. The summed E-state index contributed by atoms with van der Waals surface area (Å²) in [6, 6.07) is 14.1. The maximum absolute atomic E-state index is 6.25. The van der Waals surface area contributed by atoms with Crippen molar-refractivity contribution in [3.63, 3.8) is 0 Å². The molecule has 2 aromatic carbocycles. The van der Waals surface area contributed by atoms with E-state index >= 15 is 0 Å². The molecule has 0 fully saturated rings. The van der Waals surface area contributed by atoms with E-state index in [1.807, 2.05) is 30.3 Å². The Balaban J connectivity index is 1.95. The van der Waals surface area contributed by atoms with Gasteiger partial charge in [-0.3, -0.25) is 0 Å². The Morgan fingerprint density at radius 1 is 1.10 bits per heavy atom. The minimum absolute atomic E-state index is 0.0525. The third-order valence-corrected chi connectivity index (χ3v) is 4.10. The summed E-state index contributed by atoms with van der Waals surface area (Å²) in [7, 11) is 0. The molecule has 3 aromatic rings. The average Bonchev–Trinajstić information content (AvgIpc) is 2.81. The molecular weight excluding hydrogens is 282 g/mol. The number of anilines is 1. The fraction of sp³-hybridized carbons (Fsp3) is 0.222. The second-order valence-electron chi connectivity index (χ2n) is 5.44. The second kappa shape index (κ2) is 5.45. The monoisotopic (exact) mass is 299 g/mol. The van der Waals surface area contributed by atoms with Crippen LogP contribution in [-0.2, 0) is 0 Å². The molecule has 0 bridgehead atoms. The highest BCUT2D eigenvalue weighted by Crippen LogP contribution is 2.32. The standard InChI is InChI=1S/C18H18ClNO/c1-11-8-9-15(19)16(10-11)20-13(3)18-12(2)14-6-4-5-7-17(14)21-18/h4-10,13,20H,1-3H3. The van der Waals surface area contributed by atoms with Gasteiger partial charge in [0, 0.05) is 10.9 Å². The molecule has 1 N–H and O–H groups in total. The summed E-state index contributed by atoms with van der Waals surface area (Å²) in [4.78, 5) is 0. The van der Waals surface area contributed by atoms with Gasteiger partial charge in [-0.1, -0.05) is 35.9 Å². The number of rotatable bonds is 3. The Morgan fingerprint density at radius 3 is 2.62 bits per heavy atom. The smallest absolute Gasteiger partial charge is 0.134 e. The lowest BCUT2D eigenvalue weighted by Gasteiger charge is -2.15. The predicted octanol–water partition coefficient (Wildman–Crippen LogP) is 5.88. The van der Waals surface area contributed by atoms with Gasteiger partial charge in [0.1, 0.15) is 11.3 Å². The molecule has 21 heavy (non-hydrogen) atoms. The van der Waals surface area contributed by atoms with E-state index in [1.165, 1.54) is 11.1 Å². The molecular formula is C18H18ClNO. The lowest BCUT2D eigenvalue weighted by atomic mass is 10.1. The van der Waals surface area contributed by atoms with E-state index in [0.29, 0.717) is 0 Å². The van der Waals surface area contributed by atoms with Crippen molar-refractivity contribution in [3.05, 3.63) is 64.4 Å². The molecule has 0 saturated carbocycles. The molecule has 1 unspecified atom stereocenters. The molecule has 0 spiro atoms. The lowest BCUT2D eigenvalue weighted by molar-refractivity contribution is 0.522. The van der Waals surface area contributed by atoms with E-state index < -0.39 is 0 Å². The SMILES string of the molecule is Cc1ccc(Cl)c(NC(C)c2oc3ccccc3c2C)c1. The summed E-state index contributed by atoms with van der Waals surface area (Å²) in [6.45, 7) is 6.24. The Morgan fingerprint density at radius 2 is 1.86 bits per heavy atom. The van der Waals surface area contributed by atoms with Crippen molar-refractivity contribution < 1.29 is 4.42 Å². The molecule has 0 amide bonds. The zero-order chi connectivity index (χ0) is 15.0. The van der Waals surface area contributed by atoms with E-state index in [2.05, 4.69) is 38.2 Å². The number of furan rings is 1. The number of hydrogen-bond acceptors (Lipinski definition) is 2. The first-order chi connectivity index (χ1) is 10.1. The van der Waals surface area contributed by atoms with Crippen molar-refractivity contribution in [2.45, 2.75) is 26.8 Å². The third kappa shape index (κ3) is 2.64. The fourth-order valence-electron chi connectivity index (χ4n) is 2.65. The first-order valence-corrected chi connectivity index (χ1v) is 7.45. The Labute approximate surface area is 129 Å². The van der Waals surface area contributed by atoms with Gasteiger partial charge in [-0.05, 0) is 44.5 Å². The molecule has 3 heteroatoms. The maximum Gasteiger partial charge on any atom is 0.134 e. The highest BCUT2D eigenvalue weighted by molar-refractivity contribution is 6.33. The lowest BCUT2D eigenvalue weighted by Crippen LogP contribution is -2.07. The van der Waals surface area contributed by atoms with Gasteiger partial charge in [-0.2, -0.15) is 0 Å². The molecule has 0 aliphatic heterocycles. The minimum atomic E-state index is 0.0525. The van der Waals surface area contributed by atoms with Crippen LogP contribution < -0.4 is 5.32 Å². The van der Waals surface area contributed by atoms with Crippen molar-refractivity contribution in [2.24, 2.45) is 0 Å². The minimum Gasteiger partial charge on any atom is -0.459 e. The van der Waals surface area contributed by atoms with Crippen LogP contribution in [0.2, 0.25) is 5.02 Å². The molecule has 0 aliphatic carbocycles. The van der Waals surface area contributed by atoms with Gasteiger partial charge in [0.2, 0.25) is 0 Å². The summed E-state index contributed by atoms with van der Waals surface area (Å²) in [6.07, 6.45) is 0. The first-order valence-electron chi connectivity index (χ1n) is 7.07. The van der Waals surface area contributed by atoms with Gasteiger partial charge in [-0.15, -0.1) is 0 Å². The highest BCUT2D eigenvalue weighted by Gasteiger charge is 2.17. The Kier molecular flexibility index (Phi) is 3.64. The van der Waals surface area contributed by atoms with Crippen LogP contribution in [0.3, 0.4) is 0 Å². The largest absolute Gasteiger partial charge is 0.459 e. The summed E-state index contributed by atoms with van der Waals surface area (Å²) in [5, 5.41) is 5.33. The second-order valence-corrected chi connectivity index (χ2v) is 5.84. The summed E-state index contributed by atoms with van der Waals surface area (Å²) < 4.78 is 6.00. The molecule has 0 radical (unpaired) electrons. The van der Waals surface area contributed by atoms with Gasteiger partial charge in [0.15, 0.2) is 0 Å².